The van der Waals surface area contributed by atoms with Gasteiger partial charge in [-0.05, 0) is 23.6 Å². The molecule has 0 bridgehead atoms. The quantitative estimate of drug-likeness (QED) is 0.728. The van der Waals surface area contributed by atoms with Gasteiger partial charge in [0.15, 0.2) is 0 Å². The Morgan fingerprint density at radius 1 is 1.27 bits per heavy atom. The van der Waals surface area contributed by atoms with E-state index in [2.05, 4.69) is 23.5 Å². The number of fused-ring (bicyclic) bond motifs is 3. The zero-order valence-electron chi connectivity index (χ0n) is 7.95. The van der Waals surface area contributed by atoms with Gasteiger partial charge in [0.1, 0.15) is 0 Å². The Hall–Kier alpha value is -1.66. The molecule has 2 aromatic rings. The SMILES string of the molecule is N#Cc1ccc2c3c(ccc2c1)SCN3. The summed E-state index contributed by atoms with van der Waals surface area (Å²) in [6.45, 7) is 0. The molecule has 1 aliphatic rings. The number of anilines is 1. The van der Waals surface area contributed by atoms with Gasteiger partial charge in [-0.15, -0.1) is 11.8 Å². The molecule has 3 heteroatoms. The van der Waals surface area contributed by atoms with Crippen LogP contribution in [0.4, 0.5) is 5.69 Å². The van der Waals surface area contributed by atoms with Crippen LogP contribution in [0.3, 0.4) is 0 Å². The fourth-order valence-electron chi connectivity index (χ4n) is 1.87. The van der Waals surface area contributed by atoms with Crippen LogP contribution < -0.4 is 5.32 Å². The van der Waals surface area contributed by atoms with E-state index in [0.717, 1.165) is 11.3 Å². The zero-order chi connectivity index (χ0) is 10.3. The van der Waals surface area contributed by atoms with E-state index < -0.39 is 0 Å². The summed E-state index contributed by atoms with van der Waals surface area (Å²) in [5.41, 5.74) is 1.93. The van der Waals surface area contributed by atoms with Crippen LogP contribution in [0.2, 0.25) is 0 Å². The van der Waals surface area contributed by atoms with E-state index in [4.69, 9.17) is 5.26 Å². The molecule has 0 spiro atoms. The summed E-state index contributed by atoms with van der Waals surface area (Å²) < 4.78 is 0. The predicted molar refractivity (Wildman–Crippen MR) is 63.0 cm³/mol. The molecule has 0 aliphatic carbocycles. The first-order valence-electron chi connectivity index (χ1n) is 4.72. The van der Waals surface area contributed by atoms with Crippen LogP contribution in [0, 0.1) is 11.3 Å². The molecule has 0 fully saturated rings. The maximum Gasteiger partial charge on any atom is 0.0991 e. The van der Waals surface area contributed by atoms with Gasteiger partial charge in [-0.25, -0.2) is 0 Å². The van der Waals surface area contributed by atoms with Crippen molar-refractivity contribution < 1.29 is 0 Å². The van der Waals surface area contributed by atoms with Crippen molar-refractivity contribution >= 4 is 28.2 Å². The number of thioether (sulfide) groups is 1. The second-order valence-corrected chi connectivity index (χ2v) is 4.47. The second kappa shape index (κ2) is 3.18. The molecule has 1 aliphatic heterocycles. The van der Waals surface area contributed by atoms with Crippen molar-refractivity contribution in [2.75, 3.05) is 11.2 Å². The van der Waals surface area contributed by atoms with Gasteiger partial charge in [0.2, 0.25) is 0 Å². The molecule has 1 heterocycles. The molecule has 3 rings (SSSR count). The number of hydrogen-bond acceptors (Lipinski definition) is 3. The predicted octanol–water partition coefficient (Wildman–Crippen LogP) is 3.19. The summed E-state index contributed by atoms with van der Waals surface area (Å²) >= 11 is 1.82. The first kappa shape index (κ1) is 8.63. The third-order valence-electron chi connectivity index (χ3n) is 2.59. The van der Waals surface area contributed by atoms with Gasteiger partial charge in [-0.2, -0.15) is 5.26 Å². The van der Waals surface area contributed by atoms with Crippen molar-refractivity contribution in [2.24, 2.45) is 0 Å². The Bertz CT molecular complexity index is 584. The van der Waals surface area contributed by atoms with Crippen LogP contribution in [0.25, 0.3) is 10.8 Å². The Kier molecular flexibility index (Phi) is 1.83. The van der Waals surface area contributed by atoms with Crippen molar-refractivity contribution in [1.82, 2.24) is 0 Å². The zero-order valence-corrected chi connectivity index (χ0v) is 8.77. The number of rotatable bonds is 0. The van der Waals surface area contributed by atoms with Crippen LogP contribution in [0.15, 0.2) is 35.2 Å². The maximum absolute atomic E-state index is 8.82. The first-order valence-corrected chi connectivity index (χ1v) is 5.70. The first-order chi connectivity index (χ1) is 7.38. The van der Waals surface area contributed by atoms with Gasteiger partial charge >= 0.3 is 0 Å². The Morgan fingerprint density at radius 2 is 2.20 bits per heavy atom. The lowest BCUT2D eigenvalue weighted by Crippen LogP contribution is -1.89. The highest BCUT2D eigenvalue weighted by Gasteiger charge is 2.13. The van der Waals surface area contributed by atoms with E-state index in [0.29, 0.717) is 5.56 Å². The van der Waals surface area contributed by atoms with Crippen LogP contribution in [-0.4, -0.2) is 5.88 Å². The standard InChI is InChI=1S/C12H8N2S/c13-6-8-1-3-10-9(5-8)2-4-11-12(10)14-7-15-11/h1-5,14H,7H2. The van der Waals surface area contributed by atoms with Gasteiger partial charge in [-0.3, -0.25) is 0 Å². The minimum absolute atomic E-state index is 0.716. The third-order valence-corrected chi connectivity index (χ3v) is 3.53. The smallest absolute Gasteiger partial charge is 0.0991 e. The summed E-state index contributed by atoms with van der Waals surface area (Å²) in [5.74, 6) is 0.939. The lowest BCUT2D eigenvalue weighted by atomic mass is 10.1. The van der Waals surface area contributed by atoms with Crippen LogP contribution in [0.5, 0.6) is 0 Å². The number of hydrogen-bond donors (Lipinski definition) is 1. The van der Waals surface area contributed by atoms with Crippen LogP contribution >= 0.6 is 11.8 Å². The molecule has 0 saturated carbocycles. The highest BCUT2D eigenvalue weighted by atomic mass is 32.2. The van der Waals surface area contributed by atoms with Crippen molar-refractivity contribution in [3.8, 4) is 6.07 Å². The number of nitrogens with one attached hydrogen (secondary N) is 1. The van der Waals surface area contributed by atoms with E-state index in [1.54, 1.807) is 0 Å². The Labute approximate surface area is 91.9 Å². The van der Waals surface area contributed by atoms with Gasteiger partial charge in [0.05, 0.1) is 23.2 Å². The fraction of sp³-hybridized carbons (Fsp3) is 0.0833. The van der Waals surface area contributed by atoms with Crippen molar-refractivity contribution in [3.63, 3.8) is 0 Å². The highest BCUT2D eigenvalue weighted by molar-refractivity contribution is 7.99. The average molecular weight is 212 g/mol. The molecule has 15 heavy (non-hydrogen) atoms. The molecule has 0 aromatic heterocycles. The fourth-order valence-corrected chi connectivity index (χ4v) is 2.73. The van der Waals surface area contributed by atoms with E-state index in [-0.39, 0.29) is 0 Å². The van der Waals surface area contributed by atoms with Crippen molar-refractivity contribution in [2.45, 2.75) is 4.90 Å². The minimum Gasteiger partial charge on any atom is -0.374 e. The number of nitrogens with zero attached hydrogens (tertiary/aromatic N) is 1. The average Bonchev–Trinajstić information content (AvgIpc) is 2.76. The molecule has 2 nitrogen and oxygen atoms in total. The van der Waals surface area contributed by atoms with E-state index in [9.17, 15) is 0 Å². The monoisotopic (exact) mass is 212 g/mol. The van der Waals surface area contributed by atoms with Crippen LogP contribution in [-0.2, 0) is 0 Å². The molecule has 2 aromatic carbocycles. The second-order valence-electron chi connectivity index (χ2n) is 3.45. The molecule has 0 unspecified atom stereocenters. The topological polar surface area (TPSA) is 35.8 Å². The number of benzene rings is 2. The van der Waals surface area contributed by atoms with Gasteiger partial charge in [0, 0.05) is 10.3 Å². The van der Waals surface area contributed by atoms with Crippen LogP contribution in [0.1, 0.15) is 5.56 Å². The highest BCUT2D eigenvalue weighted by Crippen LogP contribution is 2.39. The summed E-state index contributed by atoms with van der Waals surface area (Å²) in [6.07, 6.45) is 0. The molecule has 1 N–H and O–H groups in total. The minimum atomic E-state index is 0.716. The van der Waals surface area contributed by atoms with E-state index in [1.165, 1.54) is 16.0 Å². The Balaban J connectivity index is 2.35. The van der Waals surface area contributed by atoms with E-state index in [1.807, 2.05) is 30.0 Å². The van der Waals surface area contributed by atoms with E-state index >= 15 is 0 Å². The third kappa shape index (κ3) is 1.26. The molecule has 0 atom stereocenters. The maximum atomic E-state index is 8.82. The van der Waals surface area contributed by atoms with Gasteiger partial charge in [-0.1, -0.05) is 12.1 Å². The molecule has 72 valence electrons. The van der Waals surface area contributed by atoms with Gasteiger partial charge in [0.25, 0.3) is 0 Å². The molecular formula is C12H8N2S. The normalized spacial score (nSPS) is 13.3. The summed E-state index contributed by atoms with van der Waals surface area (Å²) in [5, 5.41) is 14.5. The van der Waals surface area contributed by atoms with Crippen molar-refractivity contribution in [1.29, 1.82) is 5.26 Å². The summed E-state index contributed by atoms with van der Waals surface area (Å²) in [7, 11) is 0. The molecule has 0 amide bonds. The Morgan fingerprint density at radius 3 is 3.07 bits per heavy atom. The number of nitriles is 1. The summed E-state index contributed by atoms with van der Waals surface area (Å²) in [4.78, 5) is 1.30. The molecular weight excluding hydrogens is 204 g/mol. The van der Waals surface area contributed by atoms with Gasteiger partial charge < -0.3 is 5.32 Å². The lowest BCUT2D eigenvalue weighted by Gasteiger charge is -2.04. The lowest BCUT2D eigenvalue weighted by molar-refractivity contribution is 1.45. The summed E-state index contributed by atoms with van der Waals surface area (Å²) in [6, 6.07) is 12.2. The molecule has 0 radical (unpaired) electrons. The van der Waals surface area contributed by atoms with Crippen molar-refractivity contribution in [3.05, 3.63) is 35.9 Å². The largest absolute Gasteiger partial charge is 0.374 e. The molecule has 0 saturated heterocycles.